The van der Waals surface area contributed by atoms with Gasteiger partial charge in [-0.25, -0.2) is 22.0 Å². The predicted octanol–water partition coefficient (Wildman–Crippen LogP) is 15.8. The molecule has 3 saturated heterocycles. The van der Waals surface area contributed by atoms with Gasteiger partial charge in [-0.05, 0) is 165 Å². The van der Waals surface area contributed by atoms with E-state index in [2.05, 4.69) is 40.3 Å². The van der Waals surface area contributed by atoms with Gasteiger partial charge in [0.05, 0.1) is 107 Å². The number of ether oxygens (including phenoxy) is 9. The Kier molecular flexibility index (Phi) is 36.9. The number of nitrogens with one attached hydrogen (secondary N) is 2. The fourth-order valence-electron chi connectivity index (χ4n) is 14.2. The summed E-state index contributed by atoms with van der Waals surface area (Å²) >= 11 is 5.36. The number of aromatic nitrogens is 3. The number of nitrogens with zero attached hydrogens (tertiary/aromatic N) is 7. The number of aliphatic hydroxyl groups is 3. The second-order valence-electron chi connectivity index (χ2n) is 30.4. The van der Waals surface area contributed by atoms with Crippen LogP contribution in [-0.4, -0.2) is 191 Å². The number of morpholine rings is 3. The zero-order chi connectivity index (χ0) is 88.7. The summed E-state index contributed by atoms with van der Waals surface area (Å²) in [5.41, 5.74) is 8.06. The third kappa shape index (κ3) is 26.9. The Morgan fingerprint density at radius 2 is 0.822 bits per heavy atom. The molecule has 2 saturated carbocycles. The number of hydrogen-bond donors (Lipinski definition) is 6. The number of pyridine rings is 3. The first-order valence-electron chi connectivity index (χ1n) is 41.1. The van der Waals surface area contributed by atoms with Gasteiger partial charge in [-0.2, -0.15) is 0 Å². The number of rotatable bonds is 33. The number of carbonyl (C=O) groups excluding carboxylic acids is 4. The molecule has 16 rings (SSSR count). The number of ketones is 1. The molecule has 0 unspecified atom stereocenters. The SMILES string of the molecule is C.Nc1ccc(Oc2ccnc3cc(OCCCN4CCOCC4)c(CO)cc23)c(F)c1.O=C(Cc1ccc(F)cc1)C1(C(=O)Nc2ccc(Oc3ccnc4cc(OCCCN5CCOCC5)c(CO)cc34)c(F)c2)CC1.O=C(Cl)C1(C(=O)Nc2ccc(F)cc2)CC1.O=[N+]([O-])c1ccc(Oc2ccnc3cc(OCCCN4CCOCC4)c(CO)cc23)c(F)c1.[CH3-].[Pd]. The van der Waals surface area contributed by atoms with Gasteiger partial charge in [-0.3, -0.25) is 58.9 Å². The van der Waals surface area contributed by atoms with Gasteiger partial charge in [0.1, 0.15) is 57.0 Å². The molecule has 2 amide bonds. The summed E-state index contributed by atoms with van der Waals surface area (Å²) in [7, 11) is 0. The molecule has 3 aromatic heterocycles. The van der Waals surface area contributed by atoms with Crippen LogP contribution >= 0.6 is 11.6 Å². The Labute approximate surface area is 760 Å². The van der Waals surface area contributed by atoms with Crippen LogP contribution in [0.15, 0.2) is 176 Å². The van der Waals surface area contributed by atoms with Crippen molar-refractivity contribution in [3.8, 4) is 51.7 Å². The number of halogens is 6. The smallest absolute Gasteiger partial charge is 0.272 e. The quantitative estimate of drug-likeness (QED) is 0.00256. The van der Waals surface area contributed by atoms with Crippen LogP contribution in [0.5, 0.6) is 51.7 Å². The molecule has 6 heterocycles. The number of Topliss-reactive ketones (excluding diaryl/α,β-unsaturated/α-hetero) is 1. The second kappa shape index (κ2) is 47.7. The zero-order valence-electron chi connectivity index (χ0n) is 70.0. The largest absolute Gasteiger partial charge is 0.493 e. The number of benzene rings is 8. The maximum Gasteiger partial charge on any atom is 0.272 e. The van der Waals surface area contributed by atoms with E-state index in [1.807, 2.05) is 0 Å². The fourth-order valence-corrected chi connectivity index (χ4v) is 14.5. The maximum atomic E-state index is 15.2. The van der Waals surface area contributed by atoms with E-state index in [-0.39, 0.29) is 102 Å². The Morgan fingerprint density at radius 3 is 1.19 bits per heavy atom. The first-order valence-corrected chi connectivity index (χ1v) is 41.5. The topological polar surface area (TPSA) is 354 Å². The maximum absolute atomic E-state index is 15.2. The van der Waals surface area contributed by atoms with Crippen LogP contribution in [0.2, 0.25) is 0 Å². The number of nitrogen functional groups attached to an aromatic ring is 1. The first kappa shape index (κ1) is 99.7. The molecule has 5 aliphatic rings. The molecule has 0 spiro atoms. The summed E-state index contributed by atoms with van der Waals surface area (Å²) in [6.07, 6.45) is 8.93. The van der Waals surface area contributed by atoms with Crippen molar-refractivity contribution in [3.63, 3.8) is 0 Å². The van der Waals surface area contributed by atoms with E-state index in [0.717, 1.165) is 130 Å². The minimum absolute atomic E-state index is 0. The third-order valence-corrected chi connectivity index (χ3v) is 22.1. The molecule has 0 bridgehead atoms. The summed E-state index contributed by atoms with van der Waals surface area (Å²) in [5.74, 6) is -1.53. The number of nitro benzene ring substituents is 1. The third-order valence-electron chi connectivity index (χ3n) is 21.7. The number of hydrogen-bond acceptors (Lipinski definition) is 25. The van der Waals surface area contributed by atoms with Gasteiger partial charge < -0.3 is 81.7 Å². The number of aliphatic hydroxyl groups excluding tert-OH is 3. The number of anilines is 3. The van der Waals surface area contributed by atoms with Gasteiger partial charge in [0.25, 0.3) is 5.69 Å². The van der Waals surface area contributed by atoms with Crippen LogP contribution in [0.25, 0.3) is 32.7 Å². The minimum Gasteiger partial charge on any atom is -0.493 e. The number of carbonyl (C=O) groups is 4. The van der Waals surface area contributed by atoms with Gasteiger partial charge in [-0.15, -0.1) is 0 Å². The molecule has 11 aromatic rings. The average molecular weight is 1900 g/mol. The summed E-state index contributed by atoms with van der Waals surface area (Å²) in [5, 5.41) is 46.9. The van der Waals surface area contributed by atoms with Crippen molar-refractivity contribution >= 4 is 89.9 Å². The molecule has 0 radical (unpaired) electrons. The monoisotopic (exact) mass is 1890 g/mol. The van der Waals surface area contributed by atoms with Crippen LogP contribution in [0.1, 0.15) is 74.6 Å². The number of nitro groups is 1. The van der Waals surface area contributed by atoms with Crippen LogP contribution in [-0.2, 0) is 80.1 Å². The molecule has 0 atom stereocenters. The molecule has 28 nitrogen and oxygen atoms in total. The van der Waals surface area contributed by atoms with Crippen LogP contribution < -0.4 is 44.8 Å². The van der Waals surface area contributed by atoms with Gasteiger partial charge in [0, 0.05) is 191 Å². The van der Waals surface area contributed by atoms with Gasteiger partial charge in [0.2, 0.25) is 17.1 Å². The Bertz CT molecular complexity index is 5660. The first-order chi connectivity index (χ1) is 61.1. The molecule has 35 heteroatoms. The van der Waals surface area contributed by atoms with Crippen molar-refractivity contribution in [2.45, 2.75) is 78.6 Å². The normalized spacial score (nSPS) is 14.9. The molecule has 2 aliphatic carbocycles. The van der Waals surface area contributed by atoms with E-state index < -0.39 is 56.1 Å². The van der Waals surface area contributed by atoms with E-state index in [1.54, 1.807) is 73.1 Å². The number of nitrogens with two attached hydrogens (primary N) is 1. The van der Waals surface area contributed by atoms with Crippen LogP contribution in [0.3, 0.4) is 0 Å². The number of fused-ring (bicyclic) bond motifs is 3. The van der Waals surface area contributed by atoms with Crippen molar-refractivity contribution in [2.75, 3.05) is 135 Å². The summed E-state index contributed by atoms with van der Waals surface area (Å²) in [6.45, 7) is 13.6. The predicted molar refractivity (Wildman–Crippen MR) is 472 cm³/mol. The van der Waals surface area contributed by atoms with Crippen molar-refractivity contribution in [1.82, 2.24) is 29.7 Å². The summed E-state index contributed by atoms with van der Waals surface area (Å²) in [6, 6.07) is 37.6. The van der Waals surface area contributed by atoms with E-state index in [1.165, 1.54) is 91.1 Å². The summed E-state index contributed by atoms with van der Waals surface area (Å²) < 4.78 is 121. The van der Waals surface area contributed by atoms with Crippen molar-refractivity contribution in [1.29, 1.82) is 0 Å². The molecule has 8 aromatic carbocycles. The van der Waals surface area contributed by atoms with E-state index >= 15 is 4.39 Å². The average Bonchev–Trinajstić information content (AvgIpc) is 1.61. The van der Waals surface area contributed by atoms with Crippen molar-refractivity contribution in [2.24, 2.45) is 10.8 Å². The van der Waals surface area contributed by atoms with Gasteiger partial charge >= 0.3 is 0 Å². The summed E-state index contributed by atoms with van der Waals surface area (Å²) in [4.78, 5) is 79.1. The van der Waals surface area contributed by atoms with Crippen molar-refractivity contribution in [3.05, 3.63) is 245 Å². The minimum atomic E-state index is -1.17. The molecule has 688 valence electrons. The molecule has 5 fully saturated rings. The van der Waals surface area contributed by atoms with Crippen molar-refractivity contribution < 1.29 is 124 Å². The number of non-ortho nitro benzene ring substituents is 1. The number of amides is 2. The van der Waals surface area contributed by atoms with Gasteiger partial charge in [-0.1, -0.05) is 19.6 Å². The molecule has 3 aliphatic heterocycles. The Balaban J connectivity index is 0.000000187. The van der Waals surface area contributed by atoms with Gasteiger partial charge in [0.15, 0.2) is 40.5 Å². The van der Waals surface area contributed by atoms with E-state index in [9.17, 15) is 62.2 Å². The Hall–Kier alpha value is -11.5. The molecular formula is C94H101ClF5N10O18Pd-. The Morgan fingerprint density at radius 1 is 0.465 bits per heavy atom. The van der Waals surface area contributed by atoms with Crippen LogP contribution in [0, 0.1) is 57.5 Å². The van der Waals surface area contributed by atoms with Crippen LogP contribution in [0.4, 0.5) is 44.7 Å². The van der Waals surface area contributed by atoms with E-state index in [4.69, 9.17) is 60.0 Å². The standard InChI is InChI=1S/C35H35F2N3O6.C23H24FN3O6.C23H26FN3O4.C11H9ClFNO2.CH4.CH3.Pd/c36-25-4-2-23(3-5-25)18-33(42)35(9-10-35)34(43)39-26-6-7-31(28(37)20-26)46-30-8-11-38-29-21-32(24(22-41)19-27(29)30)45-15-1-12-40-13-16-44-17-14-40;24-19-13-17(27(29)30)2-3-22(19)33-21-4-5-25-20-14-23(16(15-28)12-18(20)21)32-9-1-6-26-7-10-31-11-8-26;24-19-13-17(25)2-3-22(19)31-21-4-5-26-20-14-23(16(15-28)12-18(20)21)30-9-1-6-27-7-10-29-11-8-27;12-9(15)11(5-6-11)10(16)14-8-3-1-7(13)2-4-8;;;/h2-8,11,19-21,41H,1,9-10,12-18,22H2,(H,39,43);2-5,12-14,28H,1,6-11,15H2;2-5,12-14,28H,1,6-11,15,25H2;1-4H,5-6H2,(H,14,16);1H4;1H3;/q;;;;;-1;. The van der Waals surface area contributed by atoms with E-state index in [0.29, 0.717) is 146 Å². The fraction of sp³-hybridized carbons (Fsp3) is 0.340. The zero-order valence-corrected chi connectivity index (χ0v) is 72.3. The molecule has 7 N–H and O–H groups in total. The second-order valence-corrected chi connectivity index (χ2v) is 30.7. The molecular weight excluding hydrogens is 1790 g/mol. The molecule has 129 heavy (non-hydrogen) atoms.